The number of amides is 1. The Hall–Kier alpha value is -2.96. The predicted octanol–water partition coefficient (Wildman–Crippen LogP) is 5.29. The summed E-state index contributed by atoms with van der Waals surface area (Å²) in [4.78, 5) is 31.1. The van der Waals surface area contributed by atoms with E-state index in [1.54, 1.807) is 25.1 Å². The van der Waals surface area contributed by atoms with Gasteiger partial charge in [-0.25, -0.2) is 4.98 Å². The molecule has 5 nitrogen and oxygen atoms in total. The minimum atomic E-state index is -0.735. The Bertz CT molecular complexity index is 1260. The molecule has 0 spiro atoms. The molecule has 7 heteroatoms. The Balaban J connectivity index is 1.72. The predicted molar refractivity (Wildman–Crippen MR) is 119 cm³/mol. The number of benzene rings is 2. The fourth-order valence-electron chi connectivity index (χ4n) is 3.16. The molecule has 1 amide bonds. The molecule has 0 aliphatic heterocycles. The van der Waals surface area contributed by atoms with Gasteiger partial charge in [0.1, 0.15) is 10.9 Å². The number of hydrogen-bond donors (Lipinski definition) is 1. The van der Waals surface area contributed by atoms with Crippen molar-refractivity contribution >= 4 is 44.7 Å². The molecule has 1 atom stereocenters. The molecule has 29 heavy (non-hydrogen) atoms. The summed E-state index contributed by atoms with van der Waals surface area (Å²) < 4.78 is 1.37. The van der Waals surface area contributed by atoms with Gasteiger partial charge in [-0.05, 0) is 37.1 Å². The van der Waals surface area contributed by atoms with Gasteiger partial charge in [-0.3, -0.25) is 14.2 Å². The van der Waals surface area contributed by atoms with E-state index in [0.29, 0.717) is 20.9 Å². The number of aromatic nitrogens is 2. The van der Waals surface area contributed by atoms with Gasteiger partial charge in [0.2, 0.25) is 5.91 Å². The van der Waals surface area contributed by atoms with Gasteiger partial charge in [0.25, 0.3) is 5.56 Å². The standard InChI is InChI=1S/C22H18ClN3O2S/c1-13-17(23)9-6-10-18(13)25-20(27)14(2)26-12-24-21-19(22(26)28)16(11-29-21)15-7-4-3-5-8-15/h3-12,14H,1-2H3,(H,25,27). The van der Waals surface area contributed by atoms with Gasteiger partial charge in [0, 0.05) is 21.7 Å². The summed E-state index contributed by atoms with van der Waals surface area (Å²) in [5.41, 5.74) is 2.94. The minimum absolute atomic E-state index is 0.236. The molecule has 2 aromatic carbocycles. The van der Waals surface area contributed by atoms with E-state index < -0.39 is 6.04 Å². The number of nitrogens with zero attached hydrogens (tertiary/aromatic N) is 2. The third-order valence-electron chi connectivity index (χ3n) is 4.93. The molecule has 0 fully saturated rings. The van der Waals surface area contributed by atoms with Crippen LogP contribution in [-0.2, 0) is 4.79 Å². The van der Waals surface area contributed by atoms with Crippen molar-refractivity contribution in [2.45, 2.75) is 19.9 Å². The first kappa shape index (κ1) is 19.4. The van der Waals surface area contributed by atoms with Crippen molar-refractivity contribution in [2.24, 2.45) is 0 Å². The maximum absolute atomic E-state index is 13.2. The molecule has 0 saturated carbocycles. The Morgan fingerprint density at radius 3 is 2.69 bits per heavy atom. The highest BCUT2D eigenvalue weighted by Gasteiger charge is 2.21. The Morgan fingerprint density at radius 1 is 1.17 bits per heavy atom. The van der Waals surface area contributed by atoms with Crippen molar-refractivity contribution in [1.29, 1.82) is 0 Å². The van der Waals surface area contributed by atoms with Crippen LogP contribution in [0.2, 0.25) is 5.02 Å². The molecule has 2 aromatic heterocycles. The van der Waals surface area contributed by atoms with Crippen LogP contribution in [0.15, 0.2) is 65.0 Å². The zero-order valence-corrected chi connectivity index (χ0v) is 17.4. The highest BCUT2D eigenvalue weighted by atomic mass is 35.5. The molecular weight excluding hydrogens is 406 g/mol. The maximum atomic E-state index is 13.2. The summed E-state index contributed by atoms with van der Waals surface area (Å²) in [6, 6.07) is 14.3. The van der Waals surface area contributed by atoms with Gasteiger partial charge in [0.15, 0.2) is 0 Å². The van der Waals surface area contributed by atoms with Gasteiger partial charge < -0.3 is 5.32 Å². The maximum Gasteiger partial charge on any atom is 0.263 e. The number of fused-ring (bicyclic) bond motifs is 1. The van der Waals surface area contributed by atoms with Crippen molar-refractivity contribution in [2.75, 3.05) is 5.32 Å². The van der Waals surface area contributed by atoms with Crippen molar-refractivity contribution < 1.29 is 4.79 Å². The summed E-state index contributed by atoms with van der Waals surface area (Å²) in [6.45, 7) is 3.51. The van der Waals surface area contributed by atoms with E-state index in [9.17, 15) is 9.59 Å². The Labute approximate surface area is 176 Å². The second kappa shape index (κ2) is 7.81. The lowest BCUT2D eigenvalue weighted by Gasteiger charge is -2.16. The number of rotatable bonds is 4. The Kier molecular flexibility index (Phi) is 5.22. The van der Waals surface area contributed by atoms with Crippen molar-refractivity contribution in [3.63, 3.8) is 0 Å². The van der Waals surface area contributed by atoms with Crippen LogP contribution in [0.25, 0.3) is 21.3 Å². The first-order chi connectivity index (χ1) is 14.0. The fraction of sp³-hybridized carbons (Fsp3) is 0.136. The van der Waals surface area contributed by atoms with Crippen LogP contribution >= 0.6 is 22.9 Å². The van der Waals surface area contributed by atoms with Gasteiger partial charge in [0.05, 0.1) is 11.7 Å². The van der Waals surface area contributed by atoms with Gasteiger partial charge >= 0.3 is 0 Å². The van der Waals surface area contributed by atoms with Crippen molar-refractivity contribution in [3.8, 4) is 11.1 Å². The Morgan fingerprint density at radius 2 is 1.93 bits per heavy atom. The molecule has 1 unspecified atom stereocenters. The van der Waals surface area contributed by atoms with Crippen LogP contribution < -0.4 is 10.9 Å². The lowest BCUT2D eigenvalue weighted by molar-refractivity contribution is -0.118. The summed E-state index contributed by atoms with van der Waals surface area (Å²) in [7, 11) is 0. The largest absolute Gasteiger partial charge is 0.324 e. The quantitative estimate of drug-likeness (QED) is 0.485. The number of nitrogens with one attached hydrogen (secondary N) is 1. The zero-order valence-electron chi connectivity index (χ0n) is 15.8. The lowest BCUT2D eigenvalue weighted by Crippen LogP contribution is -2.31. The van der Waals surface area contributed by atoms with Crippen LogP contribution in [0.1, 0.15) is 18.5 Å². The molecule has 4 rings (SSSR count). The van der Waals surface area contributed by atoms with Crippen LogP contribution in [-0.4, -0.2) is 15.5 Å². The zero-order chi connectivity index (χ0) is 20.5. The van der Waals surface area contributed by atoms with Crippen LogP contribution in [0.5, 0.6) is 0 Å². The van der Waals surface area contributed by atoms with Crippen molar-refractivity contribution in [3.05, 3.63) is 81.2 Å². The van der Waals surface area contributed by atoms with E-state index in [0.717, 1.165) is 16.7 Å². The second-order valence-corrected chi connectivity index (χ2v) is 8.00. The molecular formula is C22H18ClN3O2S. The number of hydrogen-bond acceptors (Lipinski definition) is 4. The number of anilines is 1. The minimum Gasteiger partial charge on any atom is -0.324 e. The SMILES string of the molecule is Cc1c(Cl)cccc1NC(=O)C(C)n1cnc2scc(-c3ccccc3)c2c1=O. The summed E-state index contributed by atoms with van der Waals surface area (Å²) >= 11 is 7.55. The first-order valence-electron chi connectivity index (χ1n) is 9.07. The molecule has 146 valence electrons. The number of carbonyl (C=O) groups excluding carboxylic acids is 1. The van der Waals surface area contributed by atoms with Gasteiger partial charge in [-0.15, -0.1) is 11.3 Å². The average Bonchev–Trinajstić information content (AvgIpc) is 3.17. The van der Waals surface area contributed by atoms with Crippen LogP contribution in [0.3, 0.4) is 0 Å². The van der Waals surface area contributed by atoms with Crippen LogP contribution in [0, 0.1) is 6.92 Å². The number of halogens is 1. The second-order valence-electron chi connectivity index (χ2n) is 6.73. The highest BCUT2D eigenvalue weighted by molar-refractivity contribution is 7.17. The van der Waals surface area contributed by atoms with E-state index >= 15 is 0 Å². The number of thiophene rings is 1. The summed E-state index contributed by atoms with van der Waals surface area (Å²) in [6.07, 6.45) is 1.44. The lowest BCUT2D eigenvalue weighted by atomic mass is 10.1. The third kappa shape index (κ3) is 3.57. The topological polar surface area (TPSA) is 64.0 Å². The molecule has 0 radical (unpaired) electrons. The summed E-state index contributed by atoms with van der Waals surface area (Å²) in [5, 5.41) is 5.89. The summed E-state index contributed by atoms with van der Waals surface area (Å²) in [5.74, 6) is -0.310. The normalized spacial score (nSPS) is 12.1. The monoisotopic (exact) mass is 423 g/mol. The van der Waals surface area contributed by atoms with E-state index in [1.807, 2.05) is 42.6 Å². The molecule has 2 heterocycles. The van der Waals surface area contributed by atoms with Crippen molar-refractivity contribution in [1.82, 2.24) is 9.55 Å². The fourth-order valence-corrected chi connectivity index (χ4v) is 4.24. The van der Waals surface area contributed by atoms with E-state index in [-0.39, 0.29) is 11.5 Å². The first-order valence-corrected chi connectivity index (χ1v) is 10.3. The highest BCUT2D eigenvalue weighted by Crippen LogP contribution is 2.30. The molecule has 1 N–H and O–H groups in total. The molecule has 0 aliphatic rings. The average molecular weight is 424 g/mol. The van der Waals surface area contributed by atoms with Gasteiger partial charge in [-0.2, -0.15) is 0 Å². The van der Waals surface area contributed by atoms with E-state index in [2.05, 4.69) is 10.3 Å². The molecule has 4 aromatic rings. The van der Waals surface area contributed by atoms with Gasteiger partial charge in [-0.1, -0.05) is 48.0 Å². The van der Waals surface area contributed by atoms with E-state index in [1.165, 1.54) is 22.2 Å². The van der Waals surface area contributed by atoms with Crippen LogP contribution in [0.4, 0.5) is 5.69 Å². The third-order valence-corrected chi connectivity index (χ3v) is 6.22. The molecule has 0 bridgehead atoms. The number of carbonyl (C=O) groups is 1. The smallest absolute Gasteiger partial charge is 0.263 e. The van der Waals surface area contributed by atoms with E-state index in [4.69, 9.17) is 11.6 Å². The molecule has 0 saturated heterocycles. The molecule has 0 aliphatic carbocycles.